The van der Waals surface area contributed by atoms with E-state index < -0.39 is 0 Å². The minimum absolute atomic E-state index is 0.0935. The highest BCUT2D eigenvalue weighted by Gasteiger charge is 2.25. The number of rotatable bonds is 1. The largest absolute Gasteiger partial charge is 0.397 e. The fourth-order valence-corrected chi connectivity index (χ4v) is 4.01. The standard InChI is InChI=1S/C14H14BrN3O2S/c15-8-2-3-9-10(6-8)21-13(12(9)16)14(20)18-5-1-4-17-11(19)7-18/h2-3,6H,1,4-5,7,16H2,(H,17,19). The first-order valence-electron chi connectivity index (χ1n) is 6.60. The van der Waals surface area contributed by atoms with Crippen LogP contribution in [0.3, 0.4) is 0 Å². The van der Waals surface area contributed by atoms with E-state index >= 15 is 0 Å². The molecule has 0 spiro atoms. The van der Waals surface area contributed by atoms with Crippen molar-refractivity contribution in [2.45, 2.75) is 6.42 Å². The molecule has 0 bridgehead atoms. The Morgan fingerprint density at radius 3 is 3.05 bits per heavy atom. The van der Waals surface area contributed by atoms with Crippen LogP contribution in [0.1, 0.15) is 16.1 Å². The Hall–Kier alpha value is -1.60. The molecule has 0 saturated carbocycles. The molecule has 2 aromatic rings. The second-order valence-corrected chi connectivity index (χ2v) is 6.88. The molecule has 1 aromatic heterocycles. The van der Waals surface area contributed by atoms with Crippen LogP contribution in [0.2, 0.25) is 0 Å². The summed E-state index contributed by atoms with van der Waals surface area (Å²) < 4.78 is 1.91. The summed E-state index contributed by atoms with van der Waals surface area (Å²) in [6.45, 7) is 1.27. The van der Waals surface area contributed by atoms with E-state index in [4.69, 9.17) is 5.73 Å². The van der Waals surface area contributed by atoms with E-state index in [-0.39, 0.29) is 18.4 Å². The monoisotopic (exact) mass is 367 g/mol. The highest BCUT2D eigenvalue weighted by Crippen LogP contribution is 2.36. The van der Waals surface area contributed by atoms with Crippen LogP contribution < -0.4 is 11.1 Å². The number of nitrogens with two attached hydrogens (primary N) is 1. The van der Waals surface area contributed by atoms with E-state index in [9.17, 15) is 9.59 Å². The molecule has 1 fully saturated rings. The van der Waals surface area contributed by atoms with Gasteiger partial charge in [0.2, 0.25) is 5.91 Å². The maximum Gasteiger partial charge on any atom is 0.266 e. The summed E-state index contributed by atoms with van der Waals surface area (Å²) in [6.07, 6.45) is 0.758. The molecule has 0 atom stereocenters. The van der Waals surface area contributed by atoms with Crippen molar-refractivity contribution in [2.24, 2.45) is 0 Å². The molecule has 1 aromatic carbocycles. The molecule has 110 valence electrons. The lowest BCUT2D eigenvalue weighted by molar-refractivity contribution is -0.121. The van der Waals surface area contributed by atoms with Crippen molar-refractivity contribution in [2.75, 3.05) is 25.4 Å². The third-order valence-corrected chi connectivity index (χ3v) is 5.08. The van der Waals surface area contributed by atoms with Gasteiger partial charge in [0.05, 0.1) is 12.2 Å². The molecule has 3 N–H and O–H groups in total. The molecule has 2 amide bonds. The van der Waals surface area contributed by atoms with Gasteiger partial charge in [-0.25, -0.2) is 0 Å². The first-order chi connectivity index (χ1) is 10.1. The van der Waals surface area contributed by atoms with Gasteiger partial charge in [0.15, 0.2) is 0 Å². The minimum atomic E-state index is -0.165. The van der Waals surface area contributed by atoms with Gasteiger partial charge < -0.3 is 16.0 Å². The molecule has 1 aliphatic heterocycles. The Morgan fingerprint density at radius 1 is 1.43 bits per heavy atom. The smallest absolute Gasteiger partial charge is 0.266 e. The lowest BCUT2D eigenvalue weighted by Crippen LogP contribution is -2.37. The lowest BCUT2D eigenvalue weighted by Gasteiger charge is -2.18. The number of hydrogen-bond acceptors (Lipinski definition) is 4. The maximum atomic E-state index is 12.6. The number of carbonyl (C=O) groups excluding carboxylic acids is 2. The van der Waals surface area contributed by atoms with Gasteiger partial charge in [-0.05, 0) is 18.6 Å². The van der Waals surface area contributed by atoms with Crippen molar-refractivity contribution in [3.63, 3.8) is 0 Å². The summed E-state index contributed by atoms with van der Waals surface area (Å²) in [4.78, 5) is 26.3. The van der Waals surface area contributed by atoms with E-state index in [2.05, 4.69) is 21.2 Å². The average Bonchev–Trinajstić information content (AvgIpc) is 2.63. The highest BCUT2D eigenvalue weighted by atomic mass is 79.9. The molecule has 2 heterocycles. The number of halogens is 1. The van der Waals surface area contributed by atoms with Gasteiger partial charge in [-0.1, -0.05) is 22.0 Å². The van der Waals surface area contributed by atoms with Crippen LogP contribution in [0.15, 0.2) is 22.7 Å². The summed E-state index contributed by atoms with van der Waals surface area (Å²) in [5.74, 6) is -0.287. The van der Waals surface area contributed by atoms with Crippen LogP contribution in [0.4, 0.5) is 5.69 Å². The minimum Gasteiger partial charge on any atom is -0.397 e. The van der Waals surface area contributed by atoms with Crippen LogP contribution in [0, 0.1) is 0 Å². The van der Waals surface area contributed by atoms with Crippen LogP contribution in [-0.2, 0) is 4.79 Å². The molecule has 1 aliphatic rings. The number of anilines is 1. The molecule has 0 aliphatic carbocycles. The second-order valence-electron chi connectivity index (χ2n) is 4.92. The van der Waals surface area contributed by atoms with Crippen LogP contribution in [0.5, 0.6) is 0 Å². The number of nitrogens with one attached hydrogen (secondary N) is 1. The van der Waals surface area contributed by atoms with Crippen LogP contribution in [-0.4, -0.2) is 36.3 Å². The zero-order valence-electron chi connectivity index (χ0n) is 11.2. The Bertz CT molecular complexity index is 728. The van der Waals surface area contributed by atoms with E-state index in [1.165, 1.54) is 11.3 Å². The first kappa shape index (κ1) is 14.3. The number of amides is 2. The first-order valence-corrected chi connectivity index (χ1v) is 8.20. The van der Waals surface area contributed by atoms with Crippen molar-refractivity contribution in [1.82, 2.24) is 10.2 Å². The van der Waals surface area contributed by atoms with Gasteiger partial charge in [-0.15, -0.1) is 11.3 Å². The number of fused-ring (bicyclic) bond motifs is 1. The van der Waals surface area contributed by atoms with E-state index in [0.717, 1.165) is 21.0 Å². The lowest BCUT2D eigenvalue weighted by atomic mass is 10.2. The van der Waals surface area contributed by atoms with E-state index in [1.807, 2.05) is 18.2 Å². The SMILES string of the molecule is Nc1c(C(=O)N2CCCNC(=O)C2)sc2cc(Br)ccc12. The van der Waals surface area contributed by atoms with E-state index in [1.54, 1.807) is 4.90 Å². The molecule has 0 radical (unpaired) electrons. The molecule has 5 nitrogen and oxygen atoms in total. The van der Waals surface area contributed by atoms with Crippen molar-refractivity contribution in [1.29, 1.82) is 0 Å². The zero-order chi connectivity index (χ0) is 15.0. The molecule has 21 heavy (non-hydrogen) atoms. The quantitative estimate of drug-likeness (QED) is 0.811. The fourth-order valence-electron chi connectivity index (χ4n) is 2.37. The fraction of sp³-hybridized carbons (Fsp3) is 0.286. The maximum absolute atomic E-state index is 12.6. The van der Waals surface area contributed by atoms with Crippen molar-refractivity contribution >= 4 is 54.9 Å². The normalized spacial score (nSPS) is 15.9. The van der Waals surface area contributed by atoms with Gasteiger partial charge in [-0.3, -0.25) is 9.59 Å². The number of nitrogen functional groups attached to an aromatic ring is 1. The van der Waals surface area contributed by atoms with Crippen LogP contribution >= 0.6 is 27.3 Å². The topological polar surface area (TPSA) is 75.4 Å². The van der Waals surface area contributed by atoms with Crippen molar-refractivity contribution < 1.29 is 9.59 Å². The third-order valence-electron chi connectivity index (χ3n) is 3.43. The second kappa shape index (κ2) is 5.65. The number of thiophene rings is 1. The van der Waals surface area contributed by atoms with E-state index in [0.29, 0.717) is 23.7 Å². The number of benzene rings is 1. The van der Waals surface area contributed by atoms with Crippen LogP contribution in [0.25, 0.3) is 10.1 Å². The van der Waals surface area contributed by atoms with Crippen molar-refractivity contribution in [3.8, 4) is 0 Å². The Kier molecular flexibility index (Phi) is 3.86. The number of carbonyl (C=O) groups is 2. The molecule has 7 heteroatoms. The molecular weight excluding hydrogens is 354 g/mol. The van der Waals surface area contributed by atoms with Gasteiger partial charge >= 0.3 is 0 Å². The van der Waals surface area contributed by atoms with Gasteiger partial charge in [0, 0.05) is 27.6 Å². The molecule has 3 rings (SSSR count). The summed E-state index contributed by atoms with van der Waals surface area (Å²) in [6, 6.07) is 5.75. The predicted molar refractivity (Wildman–Crippen MR) is 87.5 cm³/mol. The number of hydrogen-bond donors (Lipinski definition) is 2. The number of nitrogens with zero attached hydrogens (tertiary/aromatic N) is 1. The highest BCUT2D eigenvalue weighted by molar-refractivity contribution is 9.10. The summed E-state index contributed by atoms with van der Waals surface area (Å²) >= 11 is 4.79. The molecule has 0 unspecified atom stereocenters. The summed E-state index contributed by atoms with van der Waals surface area (Å²) in [5.41, 5.74) is 6.61. The predicted octanol–water partition coefficient (Wildman–Crippen LogP) is 2.21. The van der Waals surface area contributed by atoms with Crippen molar-refractivity contribution in [3.05, 3.63) is 27.5 Å². The van der Waals surface area contributed by atoms with Gasteiger partial charge in [-0.2, -0.15) is 0 Å². The summed E-state index contributed by atoms with van der Waals surface area (Å²) in [5, 5.41) is 3.64. The Morgan fingerprint density at radius 2 is 2.24 bits per heavy atom. The molecule has 1 saturated heterocycles. The third kappa shape index (κ3) is 2.75. The average molecular weight is 368 g/mol. The summed E-state index contributed by atoms with van der Waals surface area (Å²) in [7, 11) is 0. The van der Waals surface area contributed by atoms with Gasteiger partial charge in [0.1, 0.15) is 4.88 Å². The Balaban J connectivity index is 1.97. The zero-order valence-corrected chi connectivity index (χ0v) is 13.6. The van der Waals surface area contributed by atoms with Gasteiger partial charge in [0.25, 0.3) is 5.91 Å². The Labute approximate surface area is 134 Å². The molecular formula is C14H14BrN3O2S.